The summed E-state index contributed by atoms with van der Waals surface area (Å²) in [6.45, 7) is 12.3. The molecule has 0 aromatic heterocycles. The van der Waals surface area contributed by atoms with E-state index in [1.54, 1.807) is 0 Å². The molecular weight excluding hydrogens is 512 g/mol. The van der Waals surface area contributed by atoms with Gasteiger partial charge >= 0.3 is 5.97 Å². The smallest absolute Gasteiger partial charge is 0.334 e. The van der Waals surface area contributed by atoms with Gasteiger partial charge < -0.3 is 14.2 Å². The Morgan fingerprint density at radius 2 is 1.71 bits per heavy atom. The molecule has 2 aliphatic heterocycles. The number of ether oxygens (including phenoxy) is 3. The van der Waals surface area contributed by atoms with Crippen molar-refractivity contribution in [2.24, 2.45) is 28.6 Å². The molecule has 0 spiro atoms. The van der Waals surface area contributed by atoms with E-state index in [2.05, 4.69) is 32.6 Å². The minimum absolute atomic E-state index is 0.0368. The number of fused-ring (bicyclic) bond motifs is 3. The minimum Gasteiger partial charge on any atom is -0.458 e. The Bertz CT molecular complexity index is 1350. The quantitative estimate of drug-likeness (QED) is 0.202. The average molecular weight is 555 g/mol. The summed E-state index contributed by atoms with van der Waals surface area (Å²) < 4.78 is 18.8. The van der Waals surface area contributed by atoms with E-state index in [0.29, 0.717) is 23.7 Å². The summed E-state index contributed by atoms with van der Waals surface area (Å²) in [7, 11) is 0. The molecule has 2 saturated carbocycles. The Labute approximate surface area is 244 Å². The lowest BCUT2D eigenvalue weighted by Gasteiger charge is -2.64. The molecule has 0 radical (unpaired) electrons. The van der Waals surface area contributed by atoms with Gasteiger partial charge in [0.05, 0.1) is 12.7 Å². The van der Waals surface area contributed by atoms with Crippen LogP contribution in [-0.4, -0.2) is 31.1 Å². The molecule has 5 heteroatoms. The number of Topliss-reactive ketones (excluding diaryl/α,β-unsaturated/α-hetero) is 1. The van der Waals surface area contributed by atoms with Crippen molar-refractivity contribution in [1.82, 2.24) is 0 Å². The first-order valence-corrected chi connectivity index (χ1v) is 15.1. The second kappa shape index (κ2) is 10.7. The van der Waals surface area contributed by atoms with Crippen molar-refractivity contribution >= 4 is 11.8 Å². The lowest BCUT2D eigenvalue weighted by molar-refractivity contribution is -0.359. The van der Waals surface area contributed by atoms with E-state index in [0.717, 1.165) is 37.7 Å². The number of carbonyl (C=O) groups excluding carboxylic acids is 2. The second-order valence-electron chi connectivity index (χ2n) is 13.2. The third-order valence-electron chi connectivity index (χ3n) is 10.9. The molecule has 2 aliphatic carbocycles. The zero-order chi connectivity index (χ0) is 28.8. The first-order valence-electron chi connectivity index (χ1n) is 15.1. The summed E-state index contributed by atoms with van der Waals surface area (Å²) in [6.07, 6.45) is 6.91. The lowest BCUT2D eigenvalue weighted by atomic mass is 9.45. The van der Waals surface area contributed by atoms with Gasteiger partial charge in [-0.15, -0.1) is 0 Å². The lowest BCUT2D eigenvalue weighted by Crippen LogP contribution is -2.62. The minimum atomic E-state index is -0.755. The van der Waals surface area contributed by atoms with Crippen LogP contribution in [0, 0.1) is 28.6 Å². The maximum atomic E-state index is 13.4. The number of ketones is 1. The molecule has 5 nitrogen and oxygen atoms in total. The predicted octanol–water partition coefficient (Wildman–Crippen LogP) is 7.43. The molecule has 3 fully saturated rings. The highest BCUT2D eigenvalue weighted by molar-refractivity contribution is 5.98. The number of hydrogen-bond donors (Lipinski definition) is 0. The van der Waals surface area contributed by atoms with Crippen molar-refractivity contribution in [3.8, 4) is 0 Å². The van der Waals surface area contributed by atoms with E-state index in [1.165, 1.54) is 5.57 Å². The summed E-state index contributed by atoms with van der Waals surface area (Å²) in [4.78, 5) is 26.2. The summed E-state index contributed by atoms with van der Waals surface area (Å²) >= 11 is 0. The van der Waals surface area contributed by atoms with Crippen molar-refractivity contribution in [3.63, 3.8) is 0 Å². The number of benzene rings is 2. The highest BCUT2D eigenvalue weighted by Gasteiger charge is 2.62. The van der Waals surface area contributed by atoms with Gasteiger partial charge in [-0.1, -0.05) is 86.7 Å². The van der Waals surface area contributed by atoms with Gasteiger partial charge in [0.25, 0.3) is 0 Å². The van der Waals surface area contributed by atoms with Crippen molar-refractivity contribution in [1.29, 1.82) is 0 Å². The number of carbonyl (C=O) groups is 2. The Balaban J connectivity index is 1.27. The summed E-state index contributed by atoms with van der Waals surface area (Å²) in [6, 6.07) is 19.6. The number of allylic oxidation sites excluding steroid dienone is 1. The van der Waals surface area contributed by atoms with E-state index in [1.807, 2.05) is 61.5 Å². The van der Waals surface area contributed by atoms with Gasteiger partial charge in [-0.25, -0.2) is 4.79 Å². The Hall–Kier alpha value is -3.02. The molecule has 1 saturated heterocycles. The highest BCUT2D eigenvalue weighted by atomic mass is 16.7. The van der Waals surface area contributed by atoms with Crippen LogP contribution in [0.3, 0.4) is 0 Å². The Morgan fingerprint density at radius 1 is 1.00 bits per heavy atom. The largest absolute Gasteiger partial charge is 0.458 e. The van der Waals surface area contributed by atoms with Crippen molar-refractivity contribution in [2.45, 2.75) is 71.2 Å². The van der Waals surface area contributed by atoms with Gasteiger partial charge in [0.15, 0.2) is 11.6 Å². The molecule has 41 heavy (non-hydrogen) atoms. The molecule has 4 unspecified atom stereocenters. The monoisotopic (exact) mass is 554 g/mol. The molecular formula is C36H42O5. The van der Waals surface area contributed by atoms with Crippen LogP contribution in [0.4, 0.5) is 0 Å². The van der Waals surface area contributed by atoms with Gasteiger partial charge in [0, 0.05) is 28.5 Å². The van der Waals surface area contributed by atoms with Gasteiger partial charge in [-0.05, 0) is 68.3 Å². The van der Waals surface area contributed by atoms with E-state index in [9.17, 15) is 9.59 Å². The van der Waals surface area contributed by atoms with E-state index < -0.39 is 5.79 Å². The fourth-order valence-corrected chi connectivity index (χ4v) is 8.56. The number of rotatable bonds is 7. The first-order chi connectivity index (χ1) is 19.6. The van der Waals surface area contributed by atoms with E-state index in [4.69, 9.17) is 14.2 Å². The van der Waals surface area contributed by atoms with E-state index >= 15 is 0 Å². The molecule has 2 aromatic rings. The van der Waals surface area contributed by atoms with Crippen molar-refractivity contribution in [3.05, 3.63) is 95.6 Å². The molecule has 0 bridgehead atoms. The second-order valence-corrected chi connectivity index (χ2v) is 13.2. The van der Waals surface area contributed by atoms with Crippen LogP contribution < -0.4 is 0 Å². The van der Waals surface area contributed by atoms with Gasteiger partial charge in [0.1, 0.15) is 6.61 Å². The first kappa shape index (κ1) is 28.1. The summed E-state index contributed by atoms with van der Waals surface area (Å²) in [5.41, 5.74) is 3.44. The number of esters is 1. The average Bonchev–Trinajstić information content (AvgIpc) is 3.41. The van der Waals surface area contributed by atoms with Crippen molar-refractivity contribution < 1.29 is 23.8 Å². The summed E-state index contributed by atoms with van der Waals surface area (Å²) in [5.74, 6) is -0.632. The Morgan fingerprint density at radius 3 is 2.39 bits per heavy atom. The van der Waals surface area contributed by atoms with Crippen LogP contribution in [0.25, 0.3) is 0 Å². The standard InChI is InChI=1S/C36H42O5/c1-24-15-16-31-34(2,19-17-32-35(31,3)23-40-36(4,41-32)27-13-9-6-10-14-27)29(24)21-26(28-18-20-39-33(28)38)22-30(37)25-11-7-5-8-12-25/h5-14,18,26,29,31-32H,1,15-17,19-23H2,2-4H3/t26?,29-,31?,32?,34+,35-,36?/m0/s1. The third-order valence-corrected chi connectivity index (χ3v) is 10.9. The van der Waals surface area contributed by atoms with Gasteiger partial charge in [0.2, 0.25) is 0 Å². The van der Waals surface area contributed by atoms with Crippen LogP contribution >= 0.6 is 0 Å². The number of cyclic esters (lactones) is 1. The molecule has 7 atom stereocenters. The zero-order valence-electron chi connectivity index (χ0n) is 24.6. The normalized spacial score (nSPS) is 35.6. The molecule has 2 aromatic carbocycles. The molecule has 2 heterocycles. The third kappa shape index (κ3) is 4.91. The topological polar surface area (TPSA) is 61.8 Å². The van der Waals surface area contributed by atoms with Crippen LogP contribution in [0.15, 0.2) is 84.5 Å². The van der Waals surface area contributed by atoms with Crippen LogP contribution in [0.2, 0.25) is 0 Å². The maximum absolute atomic E-state index is 13.4. The number of hydrogen-bond acceptors (Lipinski definition) is 5. The fraction of sp³-hybridized carbons (Fsp3) is 0.500. The summed E-state index contributed by atoms with van der Waals surface area (Å²) in [5, 5.41) is 0. The fourth-order valence-electron chi connectivity index (χ4n) is 8.56. The molecule has 4 aliphatic rings. The zero-order valence-corrected chi connectivity index (χ0v) is 24.6. The maximum Gasteiger partial charge on any atom is 0.334 e. The molecule has 6 rings (SSSR count). The van der Waals surface area contributed by atoms with Crippen molar-refractivity contribution in [2.75, 3.05) is 13.2 Å². The molecule has 0 amide bonds. The van der Waals surface area contributed by atoms with Crippen LogP contribution in [-0.2, 0) is 24.8 Å². The molecule has 0 N–H and O–H groups in total. The van der Waals surface area contributed by atoms with Crippen LogP contribution in [0.1, 0.15) is 75.2 Å². The predicted molar refractivity (Wildman–Crippen MR) is 158 cm³/mol. The SMILES string of the molecule is C=C1CCC2[C@]3(C)COC(C)(c4ccccc4)OC3CC[C@]2(C)[C@H]1CC(CC(=O)c1ccccc1)C1=CCOC1=O. The molecule has 216 valence electrons. The van der Waals surface area contributed by atoms with E-state index in [-0.39, 0.29) is 53.6 Å². The van der Waals surface area contributed by atoms with Gasteiger partial charge in [-0.3, -0.25) is 4.79 Å². The van der Waals surface area contributed by atoms with Gasteiger partial charge in [-0.2, -0.15) is 0 Å². The Kier molecular flexibility index (Phi) is 7.32. The van der Waals surface area contributed by atoms with Crippen LogP contribution in [0.5, 0.6) is 0 Å². The highest BCUT2D eigenvalue weighted by Crippen LogP contribution is 2.64.